The standard InChI is InChI=1S/C20H15F5OS.CH4/c21-15-8-9-16(22)18-17(15)19(10-2-1-3-13(19)11-26-18)27-14-6-4-12(5-7-14)20(23,24)25;/h3-9H,1-2,10-11H2;1H4/t19-;/m0./s1. The number of halogens is 5. The predicted octanol–water partition coefficient (Wildman–Crippen LogP) is 7.11. The Kier molecular flexibility index (Phi) is 5.49. The second-order valence-electron chi connectivity index (χ2n) is 6.59. The third-order valence-electron chi connectivity index (χ3n) is 4.95. The molecule has 1 heterocycles. The maximum absolute atomic E-state index is 14.8. The first kappa shape index (κ1) is 20.7. The van der Waals surface area contributed by atoms with Gasteiger partial charge in [0.2, 0.25) is 0 Å². The molecule has 7 heteroatoms. The number of benzene rings is 2. The number of ether oxygens (including phenoxy) is 1. The first-order chi connectivity index (χ1) is 12.8. The topological polar surface area (TPSA) is 9.23 Å². The summed E-state index contributed by atoms with van der Waals surface area (Å²) in [7, 11) is 0. The minimum absolute atomic E-state index is 0. The molecule has 2 aromatic rings. The van der Waals surface area contributed by atoms with Gasteiger partial charge in [-0.25, -0.2) is 8.78 Å². The minimum Gasteiger partial charge on any atom is -0.486 e. The van der Waals surface area contributed by atoms with E-state index in [0.29, 0.717) is 11.3 Å². The highest BCUT2D eigenvalue weighted by Gasteiger charge is 2.46. The van der Waals surface area contributed by atoms with Crippen molar-refractivity contribution in [2.24, 2.45) is 0 Å². The van der Waals surface area contributed by atoms with Gasteiger partial charge >= 0.3 is 6.18 Å². The van der Waals surface area contributed by atoms with Crippen molar-refractivity contribution in [3.8, 4) is 5.75 Å². The van der Waals surface area contributed by atoms with E-state index in [1.807, 2.05) is 6.08 Å². The predicted molar refractivity (Wildman–Crippen MR) is 99.5 cm³/mol. The Bertz CT molecular complexity index is 904. The third-order valence-corrected chi connectivity index (χ3v) is 6.48. The second kappa shape index (κ2) is 7.43. The van der Waals surface area contributed by atoms with Crippen LogP contribution in [0.4, 0.5) is 22.0 Å². The van der Waals surface area contributed by atoms with Crippen LogP contribution < -0.4 is 4.74 Å². The third kappa shape index (κ3) is 3.41. The van der Waals surface area contributed by atoms with Gasteiger partial charge in [-0.15, -0.1) is 11.8 Å². The van der Waals surface area contributed by atoms with E-state index in [-0.39, 0.29) is 25.3 Å². The van der Waals surface area contributed by atoms with Gasteiger partial charge in [0.1, 0.15) is 12.4 Å². The van der Waals surface area contributed by atoms with Gasteiger partial charge in [0, 0.05) is 4.90 Å². The van der Waals surface area contributed by atoms with Crippen LogP contribution in [0.25, 0.3) is 0 Å². The number of fused-ring (bicyclic) bond motifs is 3. The average Bonchev–Trinajstić information content (AvgIpc) is 2.63. The zero-order valence-electron chi connectivity index (χ0n) is 14.1. The molecule has 4 rings (SSSR count). The molecule has 1 aliphatic heterocycles. The van der Waals surface area contributed by atoms with Crippen molar-refractivity contribution >= 4 is 11.8 Å². The van der Waals surface area contributed by atoms with Crippen LogP contribution in [0.2, 0.25) is 0 Å². The molecule has 28 heavy (non-hydrogen) atoms. The molecule has 0 saturated heterocycles. The number of allylic oxidation sites excluding steroid dienone is 1. The highest BCUT2D eigenvalue weighted by molar-refractivity contribution is 8.00. The molecular formula is C21H19F5OS. The zero-order chi connectivity index (χ0) is 19.2. The lowest BCUT2D eigenvalue weighted by Gasteiger charge is -2.43. The van der Waals surface area contributed by atoms with Gasteiger partial charge in [0.05, 0.1) is 15.9 Å². The van der Waals surface area contributed by atoms with Gasteiger partial charge in [0.25, 0.3) is 0 Å². The van der Waals surface area contributed by atoms with Crippen LogP contribution in [-0.2, 0) is 10.9 Å². The highest BCUT2D eigenvalue weighted by atomic mass is 32.2. The van der Waals surface area contributed by atoms with Crippen LogP contribution in [-0.4, -0.2) is 6.61 Å². The van der Waals surface area contributed by atoms with E-state index in [9.17, 15) is 22.0 Å². The Hall–Kier alpha value is -2.02. The summed E-state index contributed by atoms with van der Waals surface area (Å²) < 4.78 is 72.1. The Morgan fingerprint density at radius 1 is 0.964 bits per heavy atom. The molecule has 0 saturated carbocycles. The van der Waals surface area contributed by atoms with E-state index in [1.165, 1.54) is 23.9 Å². The van der Waals surface area contributed by atoms with Gasteiger partial charge in [-0.2, -0.15) is 13.2 Å². The fraction of sp³-hybridized carbons (Fsp3) is 0.333. The van der Waals surface area contributed by atoms with Gasteiger partial charge in [-0.05, 0) is 61.2 Å². The monoisotopic (exact) mass is 414 g/mol. The maximum atomic E-state index is 14.8. The van der Waals surface area contributed by atoms with Gasteiger partial charge in [-0.3, -0.25) is 0 Å². The normalized spacial score (nSPS) is 21.0. The molecule has 0 spiro atoms. The van der Waals surface area contributed by atoms with Crippen molar-refractivity contribution < 1.29 is 26.7 Å². The second-order valence-corrected chi connectivity index (χ2v) is 7.97. The number of rotatable bonds is 2. The molecule has 0 unspecified atom stereocenters. The molecular weight excluding hydrogens is 395 g/mol. The van der Waals surface area contributed by atoms with Crippen LogP contribution >= 0.6 is 11.8 Å². The summed E-state index contributed by atoms with van der Waals surface area (Å²) in [6, 6.07) is 6.87. The number of hydrogen-bond acceptors (Lipinski definition) is 2. The summed E-state index contributed by atoms with van der Waals surface area (Å²) in [6.07, 6.45) is -0.320. The molecule has 0 bridgehead atoms. The SMILES string of the molecule is C.Fc1ccc(F)c2c1OCC1=CCCC[C@]12Sc1ccc(C(F)(F)F)cc1. The van der Waals surface area contributed by atoms with Gasteiger partial charge < -0.3 is 4.74 Å². The van der Waals surface area contributed by atoms with E-state index in [4.69, 9.17) is 4.74 Å². The van der Waals surface area contributed by atoms with Gasteiger partial charge in [-0.1, -0.05) is 13.5 Å². The maximum Gasteiger partial charge on any atom is 0.416 e. The molecule has 150 valence electrons. The summed E-state index contributed by atoms with van der Waals surface area (Å²) in [5.74, 6) is -1.31. The lowest BCUT2D eigenvalue weighted by Crippen LogP contribution is -2.36. The van der Waals surface area contributed by atoms with Crippen molar-refractivity contribution in [2.75, 3.05) is 6.61 Å². The molecule has 1 atom stereocenters. The molecule has 2 aliphatic rings. The quantitative estimate of drug-likeness (QED) is 0.383. The molecule has 0 radical (unpaired) electrons. The van der Waals surface area contributed by atoms with E-state index in [1.54, 1.807) is 0 Å². The molecule has 1 aliphatic carbocycles. The summed E-state index contributed by atoms with van der Waals surface area (Å²) in [4.78, 5) is 0.562. The number of alkyl halides is 3. The lowest BCUT2D eigenvalue weighted by atomic mass is 9.79. The van der Waals surface area contributed by atoms with Crippen molar-refractivity contribution in [3.63, 3.8) is 0 Å². The van der Waals surface area contributed by atoms with Crippen molar-refractivity contribution in [1.29, 1.82) is 0 Å². The summed E-state index contributed by atoms with van der Waals surface area (Å²) >= 11 is 1.26. The molecule has 1 nitrogen and oxygen atoms in total. The van der Waals surface area contributed by atoms with Crippen LogP contribution in [0, 0.1) is 11.6 Å². The summed E-state index contributed by atoms with van der Waals surface area (Å²) in [5.41, 5.74) is 0.230. The highest BCUT2D eigenvalue weighted by Crippen LogP contribution is 2.58. The van der Waals surface area contributed by atoms with Crippen molar-refractivity contribution in [2.45, 2.75) is 42.5 Å². The van der Waals surface area contributed by atoms with Crippen molar-refractivity contribution in [1.82, 2.24) is 0 Å². The molecule has 0 aromatic heterocycles. The first-order valence-corrected chi connectivity index (χ1v) is 9.30. The summed E-state index contributed by atoms with van der Waals surface area (Å²) in [6.45, 7) is 0.140. The van der Waals surface area contributed by atoms with E-state index in [2.05, 4.69) is 0 Å². The van der Waals surface area contributed by atoms with E-state index in [0.717, 1.165) is 42.7 Å². The molecule has 0 amide bonds. The number of thioether (sulfide) groups is 1. The van der Waals surface area contributed by atoms with Crippen LogP contribution in [0.1, 0.15) is 37.8 Å². The lowest BCUT2D eigenvalue weighted by molar-refractivity contribution is -0.137. The molecule has 0 N–H and O–H groups in total. The van der Waals surface area contributed by atoms with Crippen LogP contribution in [0.3, 0.4) is 0 Å². The van der Waals surface area contributed by atoms with Crippen LogP contribution in [0.5, 0.6) is 5.75 Å². The minimum atomic E-state index is -4.42. The Balaban J connectivity index is 0.00000225. The Morgan fingerprint density at radius 2 is 1.64 bits per heavy atom. The molecule has 2 aromatic carbocycles. The fourth-order valence-corrected chi connectivity index (χ4v) is 5.18. The van der Waals surface area contributed by atoms with Crippen molar-refractivity contribution in [3.05, 3.63) is 70.8 Å². The zero-order valence-corrected chi connectivity index (χ0v) is 14.9. The Labute approximate surface area is 164 Å². The Morgan fingerprint density at radius 3 is 2.32 bits per heavy atom. The average molecular weight is 414 g/mol. The van der Waals surface area contributed by atoms with E-state index >= 15 is 0 Å². The first-order valence-electron chi connectivity index (χ1n) is 8.48. The molecule has 0 fully saturated rings. The largest absolute Gasteiger partial charge is 0.486 e. The smallest absolute Gasteiger partial charge is 0.416 e. The van der Waals surface area contributed by atoms with Gasteiger partial charge in [0.15, 0.2) is 11.6 Å². The fourth-order valence-electron chi connectivity index (χ4n) is 3.70. The van der Waals surface area contributed by atoms with E-state index < -0.39 is 28.1 Å². The van der Waals surface area contributed by atoms with Crippen LogP contribution in [0.15, 0.2) is 52.9 Å². The number of hydrogen-bond donors (Lipinski definition) is 0. The summed E-state index contributed by atoms with van der Waals surface area (Å²) in [5, 5.41) is 0.